The van der Waals surface area contributed by atoms with Crippen LogP contribution in [0.25, 0.3) is 0 Å². The maximum atomic E-state index is 4.23. The van der Waals surface area contributed by atoms with Crippen LogP contribution in [0, 0.1) is 17.8 Å². The molecule has 0 aromatic carbocycles. The van der Waals surface area contributed by atoms with Crippen LogP contribution >= 0.6 is 0 Å². The third-order valence-corrected chi connectivity index (χ3v) is 3.49. The predicted molar refractivity (Wildman–Crippen MR) is 66.4 cm³/mol. The van der Waals surface area contributed by atoms with E-state index in [1.807, 2.05) is 0 Å². The molecule has 0 aliphatic carbocycles. The number of hydrogen-bond donors (Lipinski definition) is 0. The molecule has 0 radical (unpaired) electrons. The van der Waals surface area contributed by atoms with Gasteiger partial charge in [0.2, 0.25) is 0 Å². The summed E-state index contributed by atoms with van der Waals surface area (Å²) in [6, 6.07) is 0. The summed E-state index contributed by atoms with van der Waals surface area (Å²) < 4.78 is 0. The van der Waals surface area contributed by atoms with Crippen LogP contribution in [0.5, 0.6) is 0 Å². The lowest BCUT2D eigenvalue weighted by atomic mass is 9.79. The second kappa shape index (κ2) is 7.09. The summed E-state index contributed by atoms with van der Waals surface area (Å²) in [6.45, 7) is 15.7. The van der Waals surface area contributed by atoms with Crippen molar-refractivity contribution in [2.24, 2.45) is 17.8 Å². The molecule has 0 saturated carbocycles. The number of hydrogen-bond acceptors (Lipinski definition) is 0. The highest BCUT2D eigenvalue weighted by Gasteiger charge is 2.19. The molecule has 0 fully saturated rings. The molecule has 0 aromatic heterocycles. The Morgan fingerprint density at radius 3 is 2.07 bits per heavy atom. The van der Waals surface area contributed by atoms with Crippen LogP contribution in [0.4, 0.5) is 0 Å². The van der Waals surface area contributed by atoms with Gasteiger partial charge >= 0.3 is 0 Å². The van der Waals surface area contributed by atoms with Crippen molar-refractivity contribution < 1.29 is 0 Å². The van der Waals surface area contributed by atoms with E-state index in [1.165, 1.54) is 31.3 Å². The van der Waals surface area contributed by atoms with Crippen molar-refractivity contribution in [1.82, 2.24) is 0 Å². The summed E-state index contributed by atoms with van der Waals surface area (Å²) in [7, 11) is 0. The van der Waals surface area contributed by atoms with E-state index in [1.54, 1.807) is 0 Å². The lowest BCUT2D eigenvalue weighted by molar-refractivity contribution is 0.339. The first-order chi connectivity index (χ1) is 6.54. The van der Waals surface area contributed by atoms with Crippen LogP contribution in [0.2, 0.25) is 0 Å². The summed E-state index contributed by atoms with van der Waals surface area (Å²) in [4.78, 5) is 0. The van der Waals surface area contributed by atoms with Gasteiger partial charge in [0.25, 0.3) is 0 Å². The smallest absolute Gasteiger partial charge is 0.0204 e. The van der Waals surface area contributed by atoms with Gasteiger partial charge in [0.15, 0.2) is 0 Å². The maximum absolute atomic E-state index is 4.23. The molecule has 0 aliphatic heterocycles. The van der Waals surface area contributed by atoms with Gasteiger partial charge < -0.3 is 0 Å². The number of rotatable bonds is 7. The Morgan fingerprint density at radius 2 is 1.71 bits per heavy atom. The lowest BCUT2D eigenvalue weighted by Crippen LogP contribution is -2.15. The van der Waals surface area contributed by atoms with Crippen molar-refractivity contribution in [3.8, 4) is 0 Å². The molecular formula is C14H28. The number of unbranched alkanes of at least 4 members (excludes halogenated alkanes) is 1. The highest BCUT2D eigenvalue weighted by atomic mass is 14.2. The average Bonchev–Trinajstić information content (AvgIpc) is 2.17. The van der Waals surface area contributed by atoms with Gasteiger partial charge in [-0.1, -0.05) is 66.0 Å². The van der Waals surface area contributed by atoms with Gasteiger partial charge in [-0.15, -0.1) is 0 Å². The van der Waals surface area contributed by atoms with Crippen molar-refractivity contribution in [3.63, 3.8) is 0 Å². The molecule has 0 aromatic rings. The zero-order chi connectivity index (χ0) is 11.1. The molecule has 0 bridgehead atoms. The first-order valence-corrected chi connectivity index (χ1v) is 6.23. The first kappa shape index (κ1) is 13.7. The minimum absolute atomic E-state index is 0.640. The van der Waals surface area contributed by atoms with Crippen LogP contribution < -0.4 is 0 Å². The third-order valence-electron chi connectivity index (χ3n) is 3.49. The normalized spacial score (nSPS) is 15.6. The number of allylic oxidation sites excluding steroid dienone is 1. The molecule has 0 heteroatoms. The monoisotopic (exact) mass is 196 g/mol. The topological polar surface area (TPSA) is 0 Å². The Labute approximate surface area is 90.8 Å². The van der Waals surface area contributed by atoms with Crippen molar-refractivity contribution in [1.29, 1.82) is 0 Å². The highest BCUT2D eigenvalue weighted by Crippen LogP contribution is 2.30. The fraction of sp³-hybridized carbons (Fsp3) is 0.857. The standard InChI is InChI=1S/C14H28/c1-7-9-10-14(8-2)13(6)12(5)11(3)4/h11,13-14H,5,7-10H2,1-4,6H3. The molecule has 14 heavy (non-hydrogen) atoms. The molecule has 0 heterocycles. The van der Waals surface area contributed by atoms with Gasteiger partial charge in [0.05, 0.1) is 0 Å². The summed E-state index contributed by atoms with van der Waals surface area (Å²) in [5.74, 6) is 2.19. The maximum Gasteiger partial charge on any atom is -0.0204 e. The SMILES string of the molecule is C=C(C(C)C)C(C)C(CC)CCCC. The predicted octanol–water partition coefficient (Wildman–Crippen LogP) is 5.05. The van der Waals surface area contributed by atoms with E-state index in [0.717, 1.165) is 5.92 Å². The van der Waals surface area contributed by atoms with Gasteiger partial charge in [-0.25, -0.2) is 0 Å². The van der Waals surface area contributed by atoms with E-state index in [-0.39, 0.29) is 0 Å². The van der Waals surface area contributed by atoms with Gasteiger partial charge in [-0.3, -0.25) is 0 Å². The van der Waals surface area contributed by atoms with Crippen molar-refractivity contribution >= 4 is 0 Å². The van der Waals surface area contributed by atoms with Crippen LogP contribution in [0.1, 0.15) is 60.3 Å². The third kappa shape index (κ3) is 4.30. The minimum atomic E-state index is 0.640. The van der Waals surface area contributed by atoms with E-state index >= 15 is 0 Å². The second-order valence-electron chi connectivity index (χ2n) is 4.83. The fourth-order valence-electron chi connectivity index (χ4n) is 2.10. The highest BCUT2D eigenvalue weighted by molar-refractivity contribution is 5.03. The fourth-order valence-corrected chi connectivity index (χ4v) is 2.10. The molecule has 84 valence electrons. The van der Waals surface area contributed by atoms with E-state index in [2.05, 4.69) is 41.2 Å². The first-order valence-electron chi connectivity index (χ1n) is 6.23. The Balaban J connectivity index is 4.15. The molecule has 0 N–H and O–H groups in total. The van der Waals surface area contributed by atoms with E-state index in [9.17, 15) is 0 Å². The van der Waals surface area contributed by atoms with Gasteiger partial charge in [-0.2, -0.15) is 0 Å². The van der Waals surface area contributed by atoms with Crippen molar-refractivity contribution in [2.75, 3.05) is 0 Å². The summed E-state index contributed by atoms with van der Waals surface area (Å²) in [5.41, 5.74) is 1.44. The van der Waals surface area contributed by atoms with Crippen LogP contribution in [0.15, 0.2) is 12.2 Å². The van der Waals surface area contributed by atoms with Gasteiger partial charge in [-0.05, 0) is 24.2 Å². The quantitative estimate of drug-likeness (QED) is 0.500. The second-order valence-corrected chi connectivity index (χ2v) is 4.83. The van der Waals surface area contributed by atoms with E-state index in [4.69, 9.17) is 0 Å². The lowest BCUT2D eigenvalue weighted by Gasteiger charge is -2.26. The Kier molecular flexibility index (Phi) is 6.96. The molecule has 0 aliphatic rings. The molecule has 0 saturated heterocycles. The molecule has 2 unspecified atom stereocenters. The average molecular weight is 196 g/mol. The molecule has 0 spiro atoms. The summed E-state index contributed by atoms with van der Waals surface area (Å²) in [5, 5.41) is 0. The van der Waals surface area contributed by atoms with Gasteiger partial charge in [0, 0.05) is 0 Å². The van der Waals surface area contributed by atoms with Crippen LogP contribution in [-0.4, -0.2) is 0 Å². The zero-order valence-electron chi connectivity index (χ0n) is 10.8. The molecular weight excluding hydrogens is 168 g/mol. The minimum Gasteiger partial charge on any atom is -0.0993 e. The largest absolute Gasteiger partial charge is 0.0993 e. The molecule has 0 nitrogen and oxygen atoms in total. The molecule has 0 amide bonds. The van der Waals surface area contributed by atoms with Crippen molar-refractivity contribution in [3.05, 3.63) is 12.2 Å². The summed E-state index contributed by atoms with van der Waals surface area (Å²) >= 11 is 0. The van der Waals surface area contributed by atoms with E-state index < -0.39 is 0 Å². The molecule has 0 rings (SSSR count). The van der Waals surface area contributed by atoms with Crippen molar-refractivity contribution in [2.45, 2.75) is 60.3 Å². The Hall–Kier alpha value is -0.260. The zero-order valence-corrected chi connectivity index (χ0v) is 10.8. The summed E-state index contributed by atoms with van der Waals surface area (Å²) in [6.07, 6.45) is 5.36. The van der Waals surface area contributed by atoms with Crippen LogP contribution in [0.3, 0.4) is 0 Å². The molecule has 2 atom stereocenters. The Bertz CT molecular complexity index is 155. The van der Waals surface area contributed by atoms with Crippen LogP contribution in [-0.2, 0) is 0 Å². The van der Waals surface area contributed by atoms with Gasteiger partial charge in [0.1, 0.15) is 0 Å². The Morgan fingerprint density at radius 1 is 1.14 bits per heavy atom. The van der Waals surface area contributed by atoms with E-state index in [0.29, 0.717) is 11.8 Å².